The van der Waals surface area contributed by atoms with Gasteiger partial charge in [-0.15, -0.1) is 0 Å². The van der Waals surface area contributed by atoms with E-state index in [0.717, 1.165) is 29.8 Å². The summed E-state index contributed by atoms with van der Waals surface area (Å²) in [4.78, 5) is 37.7. The number of nitrogens with zero attached hydrogens (tertiary/aromatic N) is 3. The number of carbonyl (C=O) groups is 1. The van der Waals surface area contributed by atoms with Gasteiger partial charge in [-0.3, -0.25) is 19.7 Å². The molecule has 1 aromatic carbocycles. The second-order valence-electron chi connectivity index (χ2n) is 8.13. The van der Waals surface area contributed by atoms with Crippen molar-refractivity contribution in [2.75, 3.05) is 19.7 Å². The van der Waals surface area contributed by atoms with Crippen molar-refractivity contribution in [1.82, 2.24) is 9.47 Å². The van der Waals surface area contributed by atoms with Crippen LogP contribution in [0.25, 0.3) is 0 Å². The topological polar surface area (TPSA) is 94.7 Å². The monoisotopic (exact) mass is 395 g/mol. The number of pyridine rings is 1. The van der Waals surface area contributed by atoms with E-state index in [1.165, 1.54) is 16.2 Å². The zero-order chi connectivity index (χ0) is 20.1. The quantitative estimate of drug-likeness (QED) is 0.584. The first kappa shape index (κ1) is 17.9. The zero-order valence-corrected chi connectivity index (χ0v) is 15.9. The number of aromatic nitrogens is 1. The lowest BCUT2D eigenvalue weighted by atomic mass is 9.83. The molecule has 0 saturated carbocycles. The average Bonchev–Trinajstić information content (AvgIpc) is 3.16. The lowest BCUT2D eigenvalue weighted by Gasteiger charge is -2.42. The van der Waals surface area contributed by atoms with Crippen LogP contribution in [0.1, 0.15) is 29.2 Å². The number of nitro groups is 1. The molecule has 0 aliphatic carbocycles. The van der Waals surface area contributed by atoms with Crippen molar-refractivity contribution in [1.29, 1.82) is 0 Å². The smallest absolute Gasteiger partial charge is 0.334 e. The number of hydrogen-bond donors (Lipinski definition) is 0. The second kappa shape index (κ2) is 6.72. The molecule has 0 spiro atoms. The van der Waals surface area contributed by atoms with Crippen LogP contribution in [0, 0.1) is 16.0 Å². The molecule has 1 amide bonds. The molecule has 2 atom stereocenters. The van der Waals surface area contributed by atoms with Crippen molar-refractivity contribution >= 4 is 11.6 Å². The Morgan fingerprint density at radius 1 is 1.21 bits per heavy atom. The molecule has 150 valence electrons. The van der Waals surface area contributed by atoms with Crippen LogP contribution in [0.15, 0.2) is 35.1 Å². The van der Waals surface area contributed by atoms with Crippen LogP contribution in [0.2, 0.25) is 0 Å². The van der Waals surface area contributed by atoms with E-state index in [2.05, 4.69) is 0 Å². The zero-order valence-electron chi connectivity index (χ0n) is 15.9. The van der Waals surface area contributed by atoms with Gasteiger partial charge in [0.15, 0.2) is 0 Å². The van der Waals surface area contributed by atoms with Crippen LogP contribution in [0.3, 0.4) is 0 Å². The van der Waals surface area contributed by atoms with E-state index in [-0.39, 0.29) is 23.4 Å². The standard InChI is InChI=1S/C21H21N3O5/c25-20(9-13-1-2-15-5-6-29-19(15)8-13)22-10-14-7-16(12-22)17-3-4-18(24(27)28)21(26)23(17)11-14/h1-4,8,14,16H,5-7,9-12H2. The summed E-state index contributed by atoms with van der Waals surface area (Å²) in [5, 5.41) is 11.1. The lowest BCUT2D eigenvalue weighted by Crippen LogP contribution is -2.49. The predicted molar refractivity (Wildman–Crippen MR) is 104 cm³/mol. The van der Waals surface area contributed by atoms with E-state index in [0.29, 0.717) is 32.7 Å². The van der Waals surface area contributed by atoms with Gasteiger partial charge in [0, 0.05) is 43.7 Å². The van der Waals surface area contributed by atoms with E-state index < -0.39 is 10.5 Å². The fourth-order valence-corrected chi connectivity index (χ4v) is 4.88. The molecule has 2 aromatic rings. The Bertz CT molecular complexity index is 1080. The Morgan fingerprint density at radius 3 is 2.90 bits per heavy atom. The molecule has 0 radical (unpaired) electrons. The van der Waals surface area contributed by atoms with Crippen molar-refractivity contribution in [3.05, 3.63) is 67.6 Å². The van der Waals surface area contributed by atoms with Gasteiger partial charge in [-0.2, -0.15) is 0 Å². The third-order valence-corrected chi connectivity index (χ3v) is 6.25. The van der Waals surface area contributed by atoms with Gasteiger partial charge in [0.05, 0.1) is 18.0 Å². The Kier molecular flexibility index (Phi) is 4.15. The first-order valence-corrected chi connectivity index (χ1v) is 9.90. The van der Waals surface area contributed by atoms with Crippen LogP contribution in [0.5, 0.6) is 5.75 Å². The molecule has 29 heavy (non-hydrogen) atoms. The number of ether oxygens (including phenoxy) is 1. The van der Waals surface area contributed by atoms with Crippen LogP contribution in [0.4, 0.5) is 5.69 Å². The van der Waals surface area contributed by atoms with E-state index in [9.17, 15) is 19.7 Å². The molecule has 2 bridgehead atoms. The fourth-order valence-electron chi connectivity index (χ4n) is 4.88. The molecule has 3 aliphatic heterocycles. The lowest BCUT2D eigenvalue weighted by molar-refractivity contribution is -0.386. The molecule has 8 nitrogen and oxygen atoms in total. The minimum absolute atomic E-state index is 0.0308. The van der Waals surface area contributed by atoms with Gasteiger partial charge in [0.1, 0.15) is 5.75 Å². The van der Waals surface area contributed by atoms with Crippen LogP contribution in [-0.2, 0) is 24.2 Å². The summed E-state index contributed by atoms with van der Waals surface area (Å²) in [5.41, 5.74) is 1.99. The van der Waals surface area contributed by atoms with Crippen molar-refractivity contribution in [2.24, 2.45) is 5.92 Å². The van der Waals surface area contributed by atoms with Crippen molar-refractivity contribution in [3.8, 4) is 5.75 Å². The minimum Gasteiger partial charge on any atom is -0.493 e. The van der Waals surface area contributed by atoms with Gasteiger partial charge in [-0.1, -0.05) is 12.1 Å². The van der Waals surface area contributed by atoms with Gasteiger partial charge >= 0.3 is 11.2 Å². The van der Waals surface area contributed by atoms with Gasteiger partial charge in [0.2, 0.25) is 5.91 Å². The van der Waals surface area contributed by atoms with Gasteiger partial charge < -0.3 is 14.2 Å². The highest BCUT2D eigenvalue weighted by atomic mass is 16.6. The molecule has 4 heterocycles. The first-order chi connectivity index (χ1) is 14.0. The Balaban J connectivity index is 1.35. The Labute approximate surface area is 166 Å². The number of amides is 1. The van der Waals surface area contributed by atoms with Crippen LogP contribution in [-0.4, -0.2) is 40.0 Å². The number of hydrogen-bond acceptors (Lipinski definition) is 5. The highest BCUT2D eigenvalue weighted by Crippen LogP contribution is 2.36. The highest BCUT2D eigenvalue weighted by Gasteiger charge is 2.37. The molecule has 2 unspecified atom stereocenters. The largest absolute Gasteiger partial charge is 0.493 e. The predicted octanol–water partition coefficient (Wildman–Crippen LogP) is 1.88. The normalized spacial score (nSPS) is 21.9. The molecule has 0 N–H and O–H groups in total. The van der Waals surface area contributed by atoms with E-state index >= 15 is 0 Å². The van der Waals surface area contributed by atoms with Crippen molar-refractivity contribution in [3.63, 3.8) is 0 Å². The third kappa shape index (κ3) is 3.08. The van der Waals surface area contributed by atoms with Crippen molar-refractivity contribution < 1.29 is 14.5 Å². The number of likely N-dealkylation sites (tertiary alicyclic amines) is 1. The van der Waals surface area contributed by atoms with Gasteiger partial charge in [-0.25, -0.2) is 0 Å². The molecular formula is C21H21N3O5. The summed E-state index contributed by atoms with van der Waals surface area (Å²) < 4.78 is 7.14. The SMILES string of the molecule is O=C(Cc1ccc2c(c1)OCC2)N1CC2CC(C1)c1ccc([N+](=O)[O-])c(=O)n1C2. The molecule has 1 aromatic heterocycles. The second-order valence-corrected chi connectivity index (χ2v) is 8.13. The molecule has 8 heteroatoms. The van der Waals surface area contributed by atoms with E-state index in [1.54, 1.807) is 6.07 Å². The van der Waals surface area contributed by atoms with Crippen LogP contribution < -0.4 is 10.3 Å². The van der Waals surface area contributed by atoms with Gasteiger partial charge in [0.25, 0.3) is 0 Å². The molecule has 1 fully saturated rings. The summed E-state index contributed by atoms with van der Waals surface area (Å²) in [6, 6.07) is 8.95. The van der Waals surface area contributed by atoms with Crippen LogP contribution >= 0.6 is 0 Å². The van der Waals surface area contributed by atoms with Crippen molar-refractivity contribution in [2.45, 2.75) is 31.7 Å². The molecule has 5 rings (SSSR count). The third-order valence-electron chi connectivity index (χ3n) is 6.25. The summed E-state index contributed by atoms with van der Waals surface area (Å²) in [7, 11) is 0. The summed E-state index contributed by atoms with van der Waals surface area (Å²) in [6.45, 7) is 2.22. The number of carbonyl (C=O) groups excluding carboxylic acids is 1. The van der Waals surface area contributed by atoms with Gasteiger partial charge in [-0.05, 0) is 35.6 Å². The Hall–Kier alpha value is -3.16. The fraction of sp³-hybridized carbons (Fsp3) is 0.429. The minimum atomic E-state index is -0.629. The summed E-state index contributed by atoms with van der Waals surface area (Å²) in [5.74, 6) is 1.10. The maximum Gasteiger partial charge on any atom is 0.334 e. The number of fused-ring (bicyclic) bond motifs is 5. The first-order valence-electron chi connectivity index (χ1n) is 9.90. The van der Waals surface area contributed by atoms with E-state index in [4.69, 9.17) is 4.74 Å². The molecular weight excluding hydrogens is 374 g/mol. The van der Waals surface area contributed by atoms with E-state index in [1.807, 2.05) is 23.1 Å². The maximum atomic E-state index is 12.9. The number of rotatable bonds is 3. The number of benzene rings is 1. The highest BCUT2D eigenvalue weighted by molar-refractivity contribution is 5.79. The molecule has 3 aliphatic rings. The maximum absolute atomic E-state index is 12.9. The Morgan fingerprint density at radius 2 is 2.07 bits per heavy atom. The average molecular weight is 395 g/mol. The summed E-state index contributed by atoms with van der Waals surface area (Å²) in [6.07, 6.45) is 2.13. The molecule has 1 saturated heterocycles. The summed E-state index contributed by atoms with van der Waals surface area (Å²) >= 11 is 0. The number of piperidine rings is 1.